The molecule has 2 aromatic heterocycles. The summed E-state index contributed by atoms with van der Waals surface area (Å²) in [5, 5.41) is 5.15. The first-order valence-corrected chi connectivity index (χ1v) is 9.11. The molecule has 0 aliphatic heterocycles. The van der Waals surface area contributed by atoms with E-state index in [0.717, 1.165) is 16.3 Å². The fourth-order valence-corrected chi connectivity index (χ4v) is 3.29. The van der Waals surface area contributed by atoms with Crippen LogP contribution in [0.4, 0.5) is 0 Å². The quantitative estimate of drug-likeness (QED) is 0.658. The molecule has 0 bridgehead atoms. The smallest absolute Gasteiger partial charge is 0.244 e. The van der Waals surface area contributed by atoms with Crippen molar-refractivity contribution in [3.63, 3.8) is 0 Å². The second-order valence-corrected chi connectivity index (χ2v) is 6.94. The van der Waals surface area contributed by atoms with E-state index in [1.54, 1.807) is 6.08 Å². The Morgan fingerprint density at radius 2 is 2.16 bits per heavy atom. The number of nitrogens with one attached hydrogen (secondary N) is 1. The zero-order valence-corrected chi connectivity index (χ0v) is 15.5. The molecular weight excluding hydrogens is 358 g/mol. The van der Waals surface area contributed by atoms with Crippen LogP contribution in [0, 0.1) is 0 Å². The second kappa shape index (κ2) is 7.72. The number of carbonyl (C=O) groups excluding carboxylic acids is 1. The lowest BCUT2D eigenvalue weighted by Crippen LogP contribution is -2.20. The van der Waals surface area contributed by atoms with Crippen molar-refractivity contribution < 1.29 is 9.53 Å². The van der Waals surface area contributed by atoms with Gasteiger partial charge < -0.3 is 10.1 Å². The van der Waals surface area contributed by atoms with Crippen LogP contribution in [-0.4, -0.2) is 21.4 Å². The Kier molecular flexibility index (Phi) is 5.40. The number of carbonyl (C=O) groups is 1. The van der Waals surface area contributed by atoms with Crippen LogP contribution in [0.5, 0.6) is 5.75 Å². The molecule has 5 nitrogen and oxygen atoms in total. The molecule has 0 atom stereocenters. The van der Waals surface area contributed by atoms with Gasteiger partial charge in [-0.05, 0) is 37.6 Å². The first-order valence-electron chi connectivity index (χ1n) is 7.85. The highest BCUT2D eigenvalue weighted by Gasteiger charge is 2.08. The number of halogens is 1. The summed E-state index contributed by atoms with van der Waals surface area (Å²) in [6.07, 6.45) is 5.14. The SMILES string of the molecule is CC(C)Oc1ccc(CNC(=O)/C=C/c2c(Cl)nc3sccn23)cc1. The van der Waals surface area contributed by atoms with E-state index >= 15 is 0 Å². The minimum Gasteiger partial charge on any atom is -0.491 e. The maximum atomic E-state index is 12.0. The van der Waals surface area contributed by atoms with Gasteiger partial charge in [-0.25, -0.2) is 4.98 Å². The number of ether oxygens (including phenoxy) is 1. The molecule has 0 spiro atoms. The molecule has 0 radical (unpaired) electrons. The Balaban J connectivity index is 1.57. The number of hydrogen-bond acceptors (Lipinski definition) is 4. The number of fused-ring (bicyclic) bond motifs is 1. The van der Waals surface area contributed by atoms with Gasteiger partial charge in [0.1, 0.15) is 5.75 Å². The van der Waals surface area contributed by atoms with Gasteiger partial charge in [0.15, 0.2) is 10.1 Å². The van der Waals surface area contributed by atoms with Crippen LogP contribution in [0.15, 0.2) is 41.9 Å². The summed E-state index contributed by atoms with van der Waals surface area (Å²) in [4.78, 5) is 17.0. The maximum absolute atomic E-state index is 12.0. The molecule has 1 amide bonds. The molecule has 0 aliphatic rings. The van der Waals surface area contributed by atoms with E-state index in [4.69, 9.17) is 16.3 Å². The molecule has 7 heteroatoms. The molecule has 130 valence electrons. The zero-order chi connectivity index (χ0) is 17.8. The molecule has 0 saturated heterocycles. The molecule has 3 rings (SSSR count). The predicted octanol–water partition coefficient (Wildman–Crippen LogP) is 4.17. The first-order chi connectivity index (χ1) is 12.0. The van der Waals surface area contributed by atoms with Crippen LogP contribution < -0.4 is 10.1 Å². The number of aromatic nitrogens is 2. The van der Waals surface area contributed by atoms with Crippen molar-refractivity contribution in [2.45, 2.75) is 26.5 Å². The minimum absolute atomic E-state index is 0.140. The number of nitrogens with zero attached hydrogens (tertiary/aromatic N) is 2. The van der Waals surface area contributed by atoms with Gasteiger partial charge in [0, 0.05) is 24.2 Å². The zero-order valence-electron chi connectivity index (χ0n) is 13.9. The van der Waals surface area contributed by atoms with E-state index in [-0.39, 0.29) is 12.0 Å². The number of amides is 1. The standard InChI is InChI=1S/C18H18ClN3O2S/c1-12(2)24-14-5-3-13(4-6-14)11-20-16(23)8-7-15-17(19)21-18-22(15)9-10-25-18/h3-10,12H,11H2,1-2H3,(H,20,23)/b8-7+. The molecule has 3 aromatic rings. The number of rotatable bonds is 6. The molecule has 0 fully saturated rings. The van der Waals surface area contributed by atoms with Gasteiger partial charge in [0.05, 0.1) is 11.8 Å². The minimum atomic E-state index is -0.191. The van der Waals surface area contributed by atoms with Crippen molar-refractivity contribution in [2.75, 3.05) is 0 Å². The van der Waals surface area contributed by atoms with E-state index in [1.807, 2.05) is 54.1 Å². The monoisotopic (exact) mass is 375 g/mol. The normalized spacial score (nSPS) is 11.5. The summed E-state index contributed by atoms with van der Waals surface area (Å²) in [6.45, 7) is 4.41. The third-order valence-electron chi connectivity index (χ3n) is 3.41. The molecule has 0 saturated carbocycles. The molecule has 2 heterocycles. The summed E-state index contributed by atoms with van der Waals surface area (Å²) < 4.78 is 7.45. The molecule has 1 aromatic carbocycles. The van der Waals surface area contributed by atoms with Gasteiger partial charge >= 0.3 is 0 Å². The second-order valence-electron chi connectivity index (χ2n) is 5.71. The number of benzene rings is 1. The Bertz CT molecular complexity index is 897. The van der Waals surface area contributed by atoms with Gasteiger partial charge in [-0.1, -0.05) is 23.7 Å². The predicted molar refractivity (Wildman–Crippen MR) is 101 cm³/mol. The largest absolute Gasteiger partial charge is 0.491 e. The van der Waals surface area contributed by atoms with Crippen LogP contribution in [0.3, 0.4) is 0 Å². The van der Waals surface area contributed by atoms with Crippen LogP contribution in [0.1, 0.15) is 25.1 Å². The molecule has 0 aliphatic carbocycles. The van der Waals surface area contributed by atoms with Crippen molar-refractivity contribution >= 4 is 39.9 Å². The van der Waals surface area contributed by atoms with Crippen molar-refractivity contribution in [3.05, 3.63) is 58.3 Å². The van der Waals surface area contributed by atoms with E-state index in [2.05, 4.69) is 10.3 Å². The van der Waals surface area contributed by atoms with Crippen LogP contribution in [-0.2, 0) is 11.3 Å². The van der Waals surface area contributed by atoms with Gasteiger partial charge in [0.2, 0.25) is 5.91 Å². The van der Waals surface area contributed by atoms with Crippen LogP contribution >= 0.6 is 22.9 Å². The molecule has 25 heavy (non-hydrogen) atoms. The number of thiazole rings is 1. The highest BCUT2D eigenvalue weighted by Crippen LogP contribution is 2.22. The van der Waals surface area contributed by atoms with E-state index in [9.17, 15) is 4.79 Å². The van der Waals surface area contributed by atoms with Crippen LogP contribution in [0.25, 0.3) is 11.0 Å². The summed E-state index contributed by atoms with van der Waals surface area (Å²) in [7, 11) is 0. The fourth-order valence-electron chi connectivity index (χ4n) is 2.29. The molecule has 0 unspecified atom stereocenters. The Morgan fingerprint density at radius 3 is 2.88 bits per heavy atom. The molecule has 1 N–H and O–H groups in total. The third kappa shape index (κ3) is 4.41. The topological polar surface area (TPSA) is 55.6 Å². The number of imidazole rings is 1. The lowest BCUT2D eigenvalue weighted by atomic mass is 10.2. The highest BCUT2D eigenvalue weighted by atomic mass is 35.5. The Labute approximate surface area is 154 Å². The van der Waals surface area contributed by atoms with Gasteiger partial charge in [0.25, 0.3) is 0 Å². The van der Waals surface area contributed by atoms with Crippen molar-refractivity contribution in [3.8, 4) is 5.75 Å². The maximum Gasteiger partial charge on any atom is 0.244 e. The first kappa shape index (κ1) is 17.5. The van der Waals surface area contributed by atoms with E-state index in [0.29, 0.717) is 17.4 Å². The fraction of sp³-hybridized carbons (Fsp3) is 0.222. The number of hydrogen-bond donors (Lipinski definition) is 1. The van der Waals surface area contributed by atoms with E-state index < -0.39 is 0 Å². The van der Waals surface area contributed by atoms with Crippen molar-refractivity contribution in [2.24, 2.45) is 0 Å². The highest BCUT2D eigenvalue weighted by molar-refractivity contribution is 7.15. The summed E-state index contributed by atoms with van der Waals surface area (Å²) in [6, 6.07) is 7.67. The molecular formula is C18H18ClN3O2S. The van der Waals surface area contributed by atoms with Gasteiger partial charge in [-0.15, -0.1) is 11.3 Å². The average molecular weight is 376 g/mol. The summed E-state index contributed by atoms with van der Waals surface area (Å²) in [5.74, 6) is 0.629. The summed E-state index contributed by atoms with van der Waals surface area (Å²) in [5.41, 5.74) is 1.70. The van der Waals surface area contributed by atoms with Crippen molar-refractivity contribution in [1.82, 2.24) is 14.7 Å². The summed E-state index contributed by atoms with van der Waals surface area (Å²) >= 11 is 7.59. The van der Waals surface area contributed by atoms with Crippen molar-refractivity contribution in [1.29, 1.82) is 0 Å². The lowest BCUT2D eigenvalue weighted by Gasteiger charge is -2.10. The Hall–Kier alpha value is -2.31. The van der Waals surface area contributed by atoms with E-state index in [1.165, 1.54) is 17.4 Å². The Morgan fingerprint density at radius 1 is 1.40 bits per heavy atom. The van der Waals surface area contributed by atoms with Crippen LogP contribution in [0.2, 0.25) is 5.15 Å². The van der Waals surface area contributed by atoms with Gasteiger partial charge in [-0.2, -0.15) is 0 Å². The average Bonchev–Trinajstić information content (AvgIpc) is 3.12. The third-order valence-corrected chi connectivity index (χ3v) is 4.44. The van der Waals surface area contributed by atoms with Gasteiger partial charge in [-0.3, -0.25) is 9.20 Å². The lowest BCUT2D eigenvalue weighted by molar-refractivity contribution is -0.116.